The quantitative estimate of drug-likeness (QED) is 0.187. The lowest BCUT2D eigenvalue weighted by Crippen LogP contribution is -2.33. The molecule has 0 amide bonds. The fourth-order valence-electron chi connectivity index (χ4n) is 3.36. The van der Waals surface area contributed by atoms with Gasteiger partial charge in [-0.1, -0.05) is 6.07 Å². The number of nitrogen functional groups attached to an aromatic ring is 2. The van der Waals surface area contributed by atoms with Gasteiger partial charge in [0.05, 0.1) is 12.9 Å². The van der Waals surface area contributed by atoms with Crippen LogP contribution >= 0.6 is 22.6 Å². The predicted octanol–water partition coefficient (Wildman–Crippen LogP) is -0.139. The molecule has 3 aromatic rings. The van der Waals surface area contributed by atoms with E-state index in [9.17, 15) is 15.3 Å². The Balaban J connectivity index is 1.54. The first kappa shape index (κ1) is 21.0. The zero-order valence-electron chi connectivity index (χ0n) is 15.8. The number of fused-ring (bicyclic) bond motifs is 1. The van der Waals surface area contributed by atoms with Gasteiger partial charge in [0.25, 0.3) is 0 Å². The van der Waals surface area contributed by atoms with Gasteiger partial charge in [-0.3, -0.25) is 4.57 Å². The Morgan fingerprint density at radius 3 is 2.70 bits per heavy atom. The molecule has 11 nitrogen and oxygen atoms in total. The second-order valence-corrected chi connectivity index (χ2v) is 8.18. The highest BCUT2D eigenvalue weighted by molar-refractivity contribution is 14.1. The number of imidazole rings is 1. The molecule has 0 aliphatic carbocycles. The Kier molecular flexibility index (Phi) is 5.92. The molecule has 12 heteroatoms. The summed E-state index contributed by atoms with van der Waals surface area (Å²) in [5, 5.41) is 32.8. The van der Waals surface area contributed by atoms with Crippen molar-refractivity contribution in [3.05, 3.63) is 33.7 Å². The maximum atomic E-state index is 10.3. The highest BCUT2D eigenvalue weighted by atomic mass is 127. The van der Waals surface area contributed by atoms with Crippen LogP contribution in [0.3, 0.4) is 0 Å². The van der Waals surface area contributed by atoms with E-state index >= 15 is 0 Å². The number of anilines is 3. The average Bonchev–Trinajstić information content (AvgIpc) is 3.26. The van der Waals surface area contributed by atoms with E-state index in [0.717, 1.165) is 21.2 Å². The summed E-state index contributed by atoms with van der Waals surface area (Å²) in [7, 11) is 0. The normalized spacial score (nSPS) is 23.9. The van der Waals surface area contributed by atoms with Crippen molar-refractivity contribution in [2.24, 2.45) is 0 Å². The molecule has 1 aromatic carbocycles. The number of rotatable bonds is 6. The number of hydrogen-bond donors (Lipinski definition) is 6. The minimum absolute atomic E-state index is 0.176. The Labute approximate surface area is 185 Å². The Morgan fingerprint density at radius 1 is 1.20 bits per heavy atom. The fourth-order valence-corrected chi connectivity index (χ4v) is 3.94. The molecule has 1 saturated heterocycles. The highest BCUT2D eigenvalue weighted by Crippen LogP contribution is 2.32. The molecule has 1 aliphatic heterocycles. The maximum absolute atomic E-state index is 10.3. The van der Waals surface area contributed by atoms with Crippen LogP contribution in [0.25, 0.3) is 11.2 Å². The summed E-state index contributed by atoms with van der Waals surface area (Å²) in [5.74, 6) is 0.480. The van der Waals surface area contributed by atoms with Crippen LogP contribution in [0, 0.1) is 3.57 Å². The second-order valence-electron chi connectivity index (χ2n) is 7.02. The molecule has 0 unspecified atom stereocenters. The SMILES string of the molecule is Nc1ccc(CCNc2nc(N)c3ncn([C@@H]4O[C@H](CO)[C@@H](O)[C@H]4O)c3n2)cc1I. The minimum Gasteiger partial charge on any atom is -0.398 e. The van der Waals surface area contributed by atoms with E-state index in [0.29, 0.717) is 23.7 Å². The second kappa shape index (κ2) is 8.47. The monoisotopic (exact) mass is 527 g/mol. The van der Waals surface area contributed by atoms with Crippen molar-refractivity contribution in [3.8, 4) is 0 Å². The molecule has 4 atom stereocenters. The van der Waals surface area contributed by atoms with Crippen molar-refractivity contribution >= 4 is 51.2 Å². The summed E-state index contributed by atoms with van der Waals surface area (Å²) < 4.78 is 8.04. The van der Waals surface area contributed by atoms with Gasteiger partial charge in [-0.25, -0.2) is 4.98 Å². The van der Waals surface area contributed by atoms with E-state index in [1.807, 2.05) is 18.2 Å². The molecule has 160 valence electrons. The zero-order chi connectivity index (χ0) is 21.4. The number of ether oxygens (including phenoxy) is 1. The Bertz CT molecular complexity index is 1060. The molecule has 30 heavy (non-hydrogen) atoms. The van der Waals surface area contributed by atoms with Gasteiger partial charge in [-0.2, -0.15) is 9.97 Å². The third-order valence-electron chi connectivity index (χ3n) is 5.00. The van der Waals surface area contributed by atoms with Crippen molar-refractivity contribution in [3.63, 3.8) is 0 Å². The summed E-state index contributed by atoms with van der Waals surface area (Å²) in [4.78, 5) is 12.9. The van der Waals surface area contributed by atoms with E-state index in [-0.39, 0.29) is 5.82 Å². The van der Waals surface area contributed by atoms with Gasteiger partial charge in [0.2, 0.25) is 5.95 Å². The van der Waals surface area contributed by atoms with Gasteiger partial charge in [-0.15, -0.1) is 0 Å². The third kappa shape index (κ3) is 3.88. The topological polar surface area (TPSA) is 178 Å². The Hall–Kier alpha value is -2.26. The molecule has 3 heterocycles. The lowest BCUT2D eigenvalue weighted by molar-refractivity contribution is -0.0511. The zero-order valence-corrected chi connectivity index (χ0v) is 18.0. The lowest BCUT2D eigenvalue weighted by Gasteiger charge is -2.17. The van der Waals surface area contributed by atoms with Crippen LogP contribution in [-0.2, 0) is 11.2 Å². The molecule has 4 rings (SSSR count). The third-order valence-corrected chi connectivity index (χ3v) is 5.94. The number of nitrogens with zero attached hydrogens (tertiary/aromatic N) is 4. The first-order valence-corrected chi connectivity index (χ1v) is 10.4. The van der Waals surface area contributed by atoms with Crippen molar-refractivity contribution in [2.75, 3.05) is 29.9 Å². The number of hydrogen-bond acceptors (Lipinski definition) is 10. The molecular weight excluding hydrogens is 505 g/mol. The van der Waals surface area contributed by atoms with Crippen molar-refractivity contribution in [2.45, 2.75) is 31.0 Å². The molecule has 0 saturated carbocycles. The standard InChI is InChI=1S/C18H22IN7O4/c19-9-5-8(1-2-10(9)20)3-4-22-18-24-15(21)12-16(25-18)26(7-23-12)17-14(29)13(28)11(6-27)30-17/h1-2,5,7,11,13-14,17,27-29H,3-4,6,20H2,(H3,21,22,24,25)/t11-,13-,14-,17-/m1/s1. The van der Waals surface area contributed by atoms with E-state index in [2.05, 4.69) is 42.9 Å². The van der Waals surface area contributed by atoms with E-state index in [1.165, 1.54) is 10.9 Å². The van der Waals surface area contributed by atoms with Gasteiger partial charge in [0, 0.05) is 15.8 Å². The van der Waals surface area contributed by atoms with Crippen LogP contribution in [0.1, 0.15) is 11.8 Å². The summed E-state index contributed by atoms with van der Waals surface area (Å²) in [6, 6.07) is 5.86. The molecule has 0 radical (unpaired) electrons. The highest BCUT2D eigenvalue weighted by Gasteiger charge is 2.44. The molecule has 8 N–H and O–H groups in total. The average molecular weight is 527 g/mol. The van der Waals surface area contributed by atoms with Gasteiger partial charge < -0.3 is 36.8 Å². The van der Waals surface area contributed by atoms with Gasteiger partial charge in [0.1, 0.15) is 23.8 Å². The van der Waals surface area contributed by atoms with Crippen LogP contribution in [0.2, 0.25) is 0 Å². The summed E-state index contributed by atoms with van der Waals surface area (Å²) in [6.07, 6.45) is -2.19. The lowest BCUT2D eigenvalue weighted by atomic mass is 10.1. The molecule has 0 bridgehead atoms. The fraction of sp³-hybridized carbons (Fsp3) is 0.389. The first-order chi connectivity index (χ1) is 14.4. The largest absolute Gasteiger partial charge is 0.398 e. The number of nitrogens with two attached hydrogens (primary N) is 2. The minimum atomic E-state index is -1.25. The van der Waals surface area contributed by atoms with Crippen LogP contribution in [0.15, 0.2) is 24.5 Å². The number of aliphatic hydroxyl groups is 3. The van der Waals surface area contributed by atoms with Gasteiger partial charge in [0.15, 0.2) is 17.7 Å². The number of aliphatic hydroxyl groups excluding tert-OH is 3. The van der Waals surface area contributed by atoms with Crippen molar-refractivity contribution in [1.82, 2.24) is 19.5 Å². The molecule has 1 fully saturated rings. The van der Waals surface area contributed by atoms with Crippen molar-refractivity contribution < 1.29 is 20.1 Å². The van der Waals surface area contributed by atoms with Crippen LogP contribution in [-0.4, -0.2) is 66.3 Å². The van der Waals surface area contributed by atoms with Crippen LogP contribution < -0.4 is 16.8 Å². The van der Waals surface area contributed by atoms with Crippen LogP contribution in [0.4, 0.5) is 17.5 Å². The number of halogens is 1. The number of aromatic nitrogens is 4. The molecule has 0 spiro atoms. The van der Waals surface area contributed by atoms with E-state index in [4.69, 9.17) is 16.2 Å². The summed E-state index contributed by atoms with van der Waals surface area (Å²) in [5.41, 5.74) is 14.4. The van der Waals surface area contributed by atoms with E-state index < -0.39 is 31.1 Å². The smallest absolute Gasteiger partial charge is 0.226 e. The maximum Gasteiger partial charge on any atom is 0.226 e. The summed E-state index contributed by atoms with van der Waals surface area (Å²) >= 11 is 2.19. The summed E-state index contributed by atoms with van der Waals surface area (Å²) in [6.45, 7) is 0.141. The molecule has 2 aromatic heterocycles. The molecule has 1 aliphatic rings. The van der Waals surface area contributed by atoms with E-state index in [1.54, 1.807) is 0 Å². The first-order valence-electron chi connectivity index (χ1n) is 9.29. The van der Waals surface area contributed by atoms with Gasteiger partial charge >= 0.3 is 0 Å². The van der Waals surface area contributed by atoms with Crippen LogP contribution in [0.5, 0.6) is 0 Å². The molecular formula is C18H22IN7O4. The predicted molar refractivity (Wildman–Crippen MR) is 119 cm³/mol. The number of nitrogens with one attached hydrogen (secondary N) is 1. The van der Waals surface area contributed by atoms with Crippen molar-refractivity contribution in [1.29, 1.82) is 0 Å². The van der Waals surface area contributed by atoms with Gasteiger partial charge in [-0.05, 0) is 46.7 Å². The number of benzene rings is 1. The Morgan fingerprint density at radius 2 is 2.00 bits per heavy atom.